The highest BCUT2D eigenvalue weighted by Gasteiger charge is 2.38. The van der Waals surface area contributed by atoms with Crippen LogP contribution in [0.4, 0.5) is 0 Å². The Hall–Kier alpha value is -2.16. The van der Waals surface area contributed by atoms with Crippen LogP contribution in [-0.2, 0) is 30.4 Å². The number of hydrogen-bond acceptors (Lipinski definition) is 7. The number of fused-ring (bicyclic) bond motifs is 1. The molecule has 0 fully saturated rings. The van der Waals surface area contributed by atoms with Gasteiger partial charge in [0, 0.05) is 5.39 Å². The summed E-state index contributed by atoms with van der Waals surface area (Å²) < 4.78 is 98.8. The number of carbonyl (C=O) groups excluding carboxylic acids is 1. The second-order valence-electron chi connectivity index (χ2n) is 4.90. The molecule has 26 heavy (non-hydrogen) atoms. The van der Waals surface area contributed by atoms with E-state index in [1.54, 1.807) is 0 Å². The first-order valence-corrected chi connectivity index (χ1v) is 10.7. The summed E-state index contributed by atoms with van der Waals surface area (Å²) in [7, 11) is -16.6. The van der Waals surface area contributed by atoms with Gasteiger partial charge in [-0.25, -0.2) is 0 Å². The quantitative estimate of drug-likeness (QED) is 0.356. The zero-order chi connectivity index (χ0) is 20.1. The van der Waals surface area contributed by atoms with Crippen molar-refractivity contribution in [1.82, 2.24) is 0 Å². The van der Waals surface area contributed by atoms with E-state index in [9.17, 15) is 43.7 Å². The molecule has 0 heterocycles. The summed E-state index contributed by atoms with van der Waals surface area (Å²) in [5, 5.41) is -0.981. The topological polar surface area (TPSA) is 180 Å². The fraction of sp³-hybridized carbons (Fsp3) is 0. The second-order valence-corrected chi connectivity index (χ2v) is 8.98. The zero-order valence-electron chi connectivity index (χ0n) is 12.5. The summed E-state index contributed by atoms with van der Waals surface area (Å²) in [4.78, 5) is 7.13. The number of ketones is 1. The van der Waals surface area contributed by atoms with Gasteiger partial charge in [0.15, 0.2) is 5.78 Å². The van der Waals surface area contributed by atoms with Gasteiger partial charge in [0.2, 0.25) is 0 Å². The van der Waals surface area contributed by atoms with E-state index < -0.39 is 67.2 Å². The number of benzene rings is 2. The van der Waals surface area contributed by atoms with Gasteiger partial charge >= 0.3 is 0 Å². The second kappa shape index (κ2) is 6.22. The fourth-order valence-electron chi connectivity index (χ4n) is 2.44. The molecule has 0 aliphatic heterocycles. The lowest BCUT2D eigenvalue weighted by molar-refractivity contribution is 0.104. The molecule has 140 valence electrons. The summed E-state index contributed by atoms with van der Waals surface area (Å²) in [6.07, 6.45) is 0.595. The van der Waals surface area contributed by atoms with Crippen LogP contribution in [0.3, 0.4) is 0 Å². The van der Waals surface area contributed by atoms with E-state index in [0.29, 0.717) is 6.08 Å². The predicted molar refractivity (Wildman–Crippen MR) is 87.9 cm³/mol. The lowest BCUT2D eigenvalue weighted by Gasteiger charge is -2.16. The summed E-state index contributed by atoms with van der Waals surface area (Å²) in [6, 6.07) is 4.50. The van der Waals surface area contributed by atoms with Crippen LogP contribution in [-0.4, -0.2) is 44.7 Å². The molecule has 0 saturated carbocycles. The van der Waals surface area contributed by atoms with Crippen LogP contribution in [0, 0.1) is 0 Å². The van der Waals surface area contributed by atoms with Crippen LogP contribution in [0.5, 0.6) is 0 Å². The minimum atomic E-state index is -5.65. The third-order valence-electron chi connectivity index (χ3n) is 3.29. The van der Waals surface area contributed by atoms with Gasteiger partial charge in [-0.05, 0) is 11.5 Å². The van der Waals surface area contributed by atoms with Gasteiger partial charge < -0.3 is 0 Å². The molecule has 10 nitrogen and oxygen atoms in total. The summed E-state index contributed by atoms with van der Waals surface area (Å²) in [6.45, 7) is 3.12. The average Bonchev–Trinajstić information content (AvgIpc) is 2.48. The van der Waals surface area contributed by atoms with Gasteiger partial charge in [-0.3, -0.25) is 18.5 Å². The van der Waals surface area contributed by atoms with Crippen molar-refractivity contribution in [3.8, 4) is 0 Å². The normalized spacial score (nSPS) is 12.9. The van der Waals surface area contributed by atoms with Crippen LogP contribution in [0.15, 0.2) is 51.6 Å². The SMILES string of the molecule is C=CC(=O)c1c(S(=O)(=O)O)c(S(=O)(=O)O)c(S(=O)(=O)O)c2ccccc12. The highest BCUT2D eigenvalue weighted by atomic mass is 32.2. The molecular weight excluding hydrogens is 412 g/mol. The molecule has 3 N–H and O–H groups in total. The van der Waals surface area contributed by atoms with Crippen molar-refractivity contribution in [3.63, 3.8) is 0 Å². The highest BCUT2D eigenvalue weighted by molar-refractivity contribution is 7.90. The van der Waals surface area contributed by atoms with Crippen molar-refractivity contribution in [1.29, 1.82) is 0 Å². The van der Waals surface area contributed by atoms with Crippen molar-refractivity contribution in [3.05, 3.63) is 42.5 Å². The molecule has 0 spiro atoms. The van der Waals surface area contributed by atoms with E-state index in [0.717, 1.165) is 12.1 Å². The molecule has 0 aliphatic carbocycles. The Morgan fingerprint density at radius 1 is 0.769 bits per heavy atom. The molecule has 0 saturated heterocycles. The van der Waals surface area contributed by atoms with E-state index in [2.05, 4.69) is 6.58 Å². The summed E-state index contributed by atoms with van der Waals surface area (Å²) in [5.41, 5.74) is -0.932. The smallest absolute Gasteiger partial charge is 0.289 e. The van der Waals surface area contributed by atoms with Crippen molar-refractivity contribution in [2.75, 3.05) is 0 Å². The highest BCUT2D eigenvalue weighted by Crippen LogP contribution is 2.39. The Kier molecular flexibility index (Phi) is 4.82. The van der Waals surface area contributed by atoms with Crippen molar-refractivity contribution in [2.24, 2.45) is 0 Å². The van der Waals surface area contributed by atoms with Crippen molar-refractivity contribution < 1.29 is 43.7 Å². The molecule has 2 aromatic carbocycles. The maximum atomic E-state index is 12.2. The monoisotopic (exact) mass is 422 g/mol. The fourth-order valence-corrected chi connectivity index (χ4v) is 6.05. The average molecular weight is 422 g/mol. The molecular formula is C13H10O10S3. The van der Waals surface area contributed by atoms with Crippen LogP contribution in [0.25, 0.3) is 10.8 Å². The van der Waals surface area contributed by atoms with E-state index in [-0.39, 0.29) is 0 Å². The van der Waals surface area contributed by atoms with Gasteiger partial charge in [-0.2, -0.15) is 25.3 Å². The minimum absolute atomic E-state index is 0.412. The first-order valence-electron chi connectivity index (χ1n) is 6.39. The van der Waals surface area contributed by atoms with Crippen molar-refractivity contribution >= 4 is 46.9 Å². The molecule has 0 amide bonds. The Labute approximate surface area is 148 Å². The summed E-state index contributed by atoms with van der Waals surface area (Å²) >= 11 is 0. The molecule has 13 heteroatoms. The molecule has 2 rings (SSSR count). The van der Waals surface area contributed by atoms with E-state index in [4.69, 9.17) is 0 Å². The molecule has 0 unspecified atom stereocenters. The van der Waals surface area contributed by atoms with E-state index in [1.807, 2.05) is 0 Å². The first-order chi connectivity index (χ1) is 11.7. The lowest BCUT2D eigenvalue weighted by atomic mass is 10.0. The zero-order valence-corrected chi connectivity index (χ0v) is 15.0. The predicted octanol–water partition coefficient (Wildman–Crippen LogP) is 0.949. The van der Waals surface area contributed by atoms with Gasteiger partial charge in [0.25, 0.3) is 30.4 Å². The molecule has 0 atom stereocenters. The standard InChI is InChI=1S/C13H10O10S3/c1-2-9(14)10-7-5-3-4-6-8(7)11(24(15,16)17)13(26(21,22)23)12(10)25(18,19)20/h2-6H,1H2,(H,15,16,17)(H,18,19,20)(H,21,22,23). The molecule has 0 aliphatic rings. The van der Waals surface area contributed by atoms with Gasteiger partial charge in [-0.15, -0.1) is 0 Å². The molecule has 0 bridgehead atoms. The Morgan fingerprint density at radius 2 is 1.19 bits per heavy atom. The van der Waals surface area contributed by atoms with Crippen LogP contribution < -0.4 is 0 Å². The molecule has 2 aromatic rings. The van der Waals surface area contributed by atoms with E-state index >= 15 is 0 Å². The first kappa shape index (κ1) is 20.2. The van der Waals surface area contributed by atoms with Gasteiger partial charge in [-0.1, -0.05) is 30.8 Å². The van der Waals surface area contributed by atoms with Gasteiger partial charge in [0.1, 0.15) is 14.7 Å². The Balaban J connectivity index is 3.53. The Morgan fingerprint density at radius 3 is 1.58 bits per heavy atom. The number of allylic oxidation sites excluding steroid dienone is 1. The van der Waals surface area contributed by atoms with Crippen LogP contribution >= 0.6 is 0 Å². The summed E-state index contributed by atoms with van der Waals surface area (Å²) in [5.74, 6) is -1.18. The van der Waals surface area contributed by atoms with Crippen LogP contribution in [0.2, 0.25) is 0 Å². The molecule has 0 radical (unpaired) electrons. The third kappa shape index (κ3) is 3.40. The van der Waals surface area contributed by atoms with Crippen molar-refractivity contribution in [2.45, 2.75) is 14.7 Å². The van der Waals surface area contributed by atoms with E-state index in [1.165, 1.54) is 12.1 Å². The van der Waals surface area contributed by atoms with Gasteiger partial charge in [0.05, 0.1) is 5.56 Å². The largest absolute Gasteiger partial charge is 0.297 e. The van der Waals surface area contributed by atoms with Crippen LogP contribution in [0.1, 0.15) is 10.4 Å². The molecule has 0 aromatic heterocycles. The lowest BCUT2D eigenvalue weighted by Crippen LogP contribution is -2.19. The minimum Gasteiger partial charge on any atom is -0.289 e. The maximum Gasteiger partial charge on any atom is 0.297 e. The Bertz CT molecular complexity index is 1270. The number of hydrogen-bond donors (Lipinski definition) is 3. The number of carbonyl (C=O) groups is 1. The maximum absolute atomic E-state index is 12.2. The third-order valence-corrected chi connectivity index (χ3v) is 6.33. The number of rotatable bonds is 5.